The lowest BCUT2D eigenvalue weighted by Gasteiger charge is -2.12. The highest BCUT2D eigenvalue weighted by Crippen LogP contribution is 2.46. The lowest BCUT2D eigenvalue weighted by Crippen LogP contribution is -2.13. The molecule has 0 fully saturated rings. The van der Waals surface area contributed by atoms with Crippen LogP contribution in [-0.2, 0) is 9.47 Å². The first-order valence-electron chi connectivity index (χ1n) is 7.33. The Bertz CT molecular complexity index is 817. The normalized spacial score (nSPS) is 20.6. The second kappa shape index (κ2) is 4.87. The fourth-order valence-electron chi connectivity index (χ4n) is 3.34. The molecular formula is C17H14N2O4. The number of ether oxygens (including phenoxy) is 2. The average Bonchev–Trinajstić information content (AvgIpc) is 3.19. The summed E-state index contributed by atoms with van der Waals surface area (Å²) < 4.78 is 9.51. The highest BCUT2D eigenvalue weighted by molar-refractivity contribution is 6.06. The number of carbonyl (C=O) groups is 2. The zero-order chi connectivity index (χ0) is 16.1. The van der Waals surface area contributed by atoms with Gasteiger partial charge in [-0.2, -0.15) is 0 Å². The average molecular weight is 310 g/mol. The van der Waals surface area contributed by atoms with Crippen molar-refractivity contribution in [3.05, 3.63) is 46.8 Å². The van der Waals surface area contributed by atoms with E-state index in [-0.39, 0.29) is 11.1 Å². The van der Waals surface area contributed by atoms with Crippen LogP contribution in [0.15, 0.2) is 24.3 Å². The van der Waals surface area contributed by atoms with Crippen LogP contribution in [0.1, 0.15) is 50.4 Å². The molecule has 0 spiro atoms. The molecule has 116 valence electrons. The molecule has 23 heavy (non-hydrogen) atoms. The van der Waals surface area contributed by atoms with Gasteiger partial charge in [-0.15, -0.1) is 0 Å². The van der Waals surface area contributed by atoms with Crippen LogP contribution in [0, 0.1) is 0 Å². The number of hydrogen-bond donors (Lipinski definition) is 0. The van der Waals surface area contributed by atoms with Crippen molar-refractivity contribution in [2.45, 2.75) is 18.3 Å². The van der Waals surface area contributed by atoms with Crippen molar-refractivity contribution in [2.75, 3.05) is 14.2 Å². The molecule has 4 rings (SSSR count). The standard InChI is InChI=1S/C17H14N2O4/c1-22-16(20)10-6-12-13(7-11(10)17(21)23-2)19-15-9-4-3-8(5-9)14(15)18-12/h3-4,6-9H,5H2,1-2H3/t8-,9+. The topological polar surface area (TPSA) is 78.4 Å². The lowest BCUT2D eigenvalue weighted by atomic mass is 10.0. The van der Waals surface area contributed by atoms with Crippen molar-refractivity contribution < 1.29 is 19.1 Å². The highest BCUT2D eigenvalue weighted by Gasteiger charge is 2.36. The largest absolute Gasteiger partial charge is 0.465 e. The molecule has 2 atom stereocenters. The van der Waals surface area contributed by atoms with Gasteiger partial charge in [0, 0.05) is 11.8 Å². The van der Waals surface area contributed by atoms with Crippen LogP contribution in [0.4, 0.5) is 0 Å². The molecule has 6 nitrogen and oxygen atoms in total. The van der Waals surface area contributed by atoms with E-state index in [2.05, 4.69) is 22.1 Å². The van der Waals surface area contributed by atoms with Gasteiger partial charge in [-0.1, -0.05) is 12.2 Å². The summed E-state index contributed by atoms with van der Waals surface area (Å²) in [5.74, 6) is -0.602. The molecule has 1 aromatic heterocycles. The molecular weight excluding hydrogens is 296 g/mol. The summed E-state index contributed by atoms with van der Waals surface area (Å²) >= 11 is 0. The van der Waals surface area contributed by atoms with Crippen molar-refractivity contribution in [1.29, 1.82) is 0 Å². The third-order valence-electron chi connectivity index (χ3n) is 4.46. The summed E-state index contributed by atoms with van der Waals surface area (Å²) in [6.45, 7) is 0. The van der Waals surface area contributed by atoms with Gasteiger partial charge in [0.15, 0.2) is 0 Å². The number of carbonyl (C=O) groups excluding carboxylic acids is 2. The molecule has 0 radical (unpaired) electrons. The van der Waals surface area contributed by atoms with Crippen molar-refractivity contribution in [2.24, 2.45) is 0 Å². The van der Waals surface area contributed by atoms with Crippen molar-refractivity contribution in [1.82, 2.24) is 9.97 Å². The summed E-state index contributed by atoms with van der Waals surface area (Å²) in [5.41, 5.74) is 3.37. The van der Waals surface area contributed by atoms with E-state index in [1.807, 2.05) is 0 Å². The Kier molecular flexibility index (Phi) is 2.94. The van der Waals surface area contributed by atoms with Crippen molar-refractivity contribution in [3.8, 4) is 0 Å². The van der Waals surface area contributed by atoms with Crippen LogP contribution < -0.4 is 0 Å². The van der Waals surface area contributed by atoms with Crippen LogP contribution in [0.25, 0.3) is 11.0 Å². The van der Waals surface area contributed by atoms with E-state index in [0.717, 1.165) is 17.8 Å². The highest BCUT2D eigenvalue weighted by atomic mass is 16.5. The molecule has 0 saturated carbocycles. The van der Waals surface area contributed by atoms with E-state index >= 15 is 0 Å². The van der Waals surface area contributed by atoms with Gasteiger partial charge in [0.25, 0.3) is 0 Å². The molecule has 1 heterocycles. The Morgan fingerprint density at radius 3 is 1.74 bits per heavy atom. The molecule has 0 aliphatic heterocycles. The SMILES string of the molecule is COC(=O)c1cc2nc3c(nc2cc1C(=O)OC)[C@H]1C=C[C@@H]3C1. The van der Waals surface area contributed by atoms with Gasteiger partial charge in [0.2, 0.25) is 0 Å². The second-order valence-electron chi connectivity index (χ2n) is 5.70. The zero-order valence-corrected chi connectivity index (χ0v) is 12.7. The Hall–Kier alpha value is -2.76. The predicted octanol–water partition coefficient (Wildman–Crippen LogP) is 2.34. The number of methoxy groups -OCH3 is 2. The smallest absolute Gasteiger partial charge is 0.338 e. The zero-order valence-electron chi connectivity index (χ0n) is 12.7. The fraction of sp³-hybridized carbons (Fsp3) is 0.294. The van der Waals surface area contributed by atoms with Crippen molar-refractivity contribution in [3.63, 3.8) is 0 Å². The molecule has 0 unspecified atom stereocenters. The molecule has 2 bridgehead atoms. The van der Waals surface area contributed by atoms with Crippen LogP contribution in [0.5, 0.6) is 0 Å². The summed E-state index contributed by atoms with van der Waals surface area (Å²) in [6.07, 6.45) is 5.30. The number of fused-ring (bicyclic) bond motifs is 6. The number of rotatable bonds is 2. The maximum Gasteiger partial charge on any atom is 0.338 e. The van der Waals surface area contributed by atoms with Gasteiger partial charge in [-0.3, -0.25) is 0 Å². The quantitative estimate of drug-likeness (QED) is 0.626. The fourth-order valence-corrected chi connectivity index (χ4v) is 3.34. The van der Waals surface area contributed by atoms with Crippen LogP contribution >= 0.6 is 0 Å². The third-order valence-corrected chi connectivity index (χ3v) is 4.46. The van der Waals surface area contributed by atoms with Gasteiger partial charge >= 0.3 is 11.9 Å². The molecule has 2 aliphatic rings. The first-order valence-corrected chi connectivity index (χ1v) is 7.33. The minimum Gasteiger partial charge on any atom is -0.465 e. The summed E-state index contributed by atoms with van der Waals surface area (Å²) in [5, 5.41) is 0. The molecule has 0 N–H and O–H groups in total. The predicted molar refractivity (Wildman–Crippen MR) is 81.5 cm³/mol. The Morgan fingerprint density at radius 1 is 0.913 bits per heavy atom. The first-order chi connectivity index (χ1) is 11.1. The van der Waals surface area contributed by atoms with Gasteiger partial charge < -0.3 is 9.47 Å². The van der Waals surface area contributed by atoms with E-state index in [1.54, 1.807) is 12.1 Å². The second-order valence-corrected chi connectivity index (χ2v) is 5.70. The molecule has 0 amide bonds. The number of benzene rings is 1. The van der Waals surface area contributed by atoms with Crippen molar-refractivity contribution >= 4 is 23.0 Å². The lowest BCUT2D eigenvalue weighted by molar-refractivity contribution is 0.0555. The maximum absolute atomic E-state index is 12.0. The summed E-state index contributed by atoms with van der Waals surface area (Å²) in [4.78, 5) is 33.3. The Morgan fingerprint density at radius 2 is 1.35 bits per heavy atom. The van der Waals surface area contributed by atoms with Gasteiger partial charge in [-0.05, 0) is 18.6 Å². The van der Waals surface area contributed by atoms with Crippen LogP contribution in [0.2, 0.25) is 0 Å². The third kappa shape index (κ3) is 1.94. The Labute approximate surface area is 132 Å². The van der Waals surface area contributed by atoms with Crippen LogP contribution in [-0.4, -0.2) is 36.1 Å². The van der Waals surface area contributed by atoms with E-state index in [9.17, 15) is 9.59 Å². The van der Waals surface area contributed by atoms with E-state index < -0.39 is 11.9 Å². The van der Waals surface area contributed by atoms with Gasteiger partial charge in [0.05, 0.1) is 47.8 Å². The molecule has 6 heteroatoms. The molecule has 2 aliphatic carbocycles. The summed E-state index contributed by atoms with van der Waals surface area (Å²) in [7, 11) is 2.54. The first kappa shape index (κ1) is 13.9. The molecule has 1 aromatic carbocycles. The minimum atomic E-state index is -0.601. The molecule has 0 saturated heterocycles. The number of esters is 2. The van der Waals surface area contributed by atoms with Gasteiger partial charge in [-0.25, -0.2) is 19.6 Å². The van der Waals surface area contributed by atoms with E-state index in [0.29, 0.717) is 22.9 Å². The van der Waals surface area contributed by atoms with E-state index in [4.69, 9.17) is 9.47 Å². The number of allylic oxidation sites excluding steroid dienone is 2. The van der Waals surface area contributed by atoms with Crippen LogP contribution in [0.3, 0.4) is 0 Å². The monoisotopic (exact) mass is 310 g/mol. The maximum atomic E-state index is 12.0. The Balaban J connectivity index is 1.95. The van der Waals surface area contributed by atoms with Gasteiger partial charge in [0.1, 0.15) is 0 Å². The number of aromatic nitrogens is 2. The molecule has 2 aromatic rings. The minimum absolute atomic E-state index is 0.139. The summed E-state index contributed by atoms with van der Waals surface area (Å²) in [6, 6.07) is 3.10. The van der Waals surface area contributed by atoms with E-state index in [1.165, 1.54) is 14.2 Å². The number of nitrogens with zero attached hydrogens (tertiary/aromatic N) is 2. The number of hydrogen-bond acceptors (Lipinski definition) is 6.